The smallest absolute Gasteiger partial charge is 0.270 e. The summed E-state index contributed by atoms with van der Waals surface area (Å²) in [5.74, 6) is -1.07. The van der Waals surface area contributed by atoms with Gasteiger partial charge in [0.25, 0.3) is 11.8 Å². The van der Waals surface area contributed by atoms with Crippen molar-refractivity contribution in [2.45, 2.75) is 0 Å². The number of benzene rings is 2. The van der Waals surface area contributed by atoms with Crippen molar-refractivity contribution in [3.05, 3.63) is 74.2 Å². The topological polar surface area (TPSA) is 58.6 Å². The number of anilines is 1. The largest absolute Gasteiger partial charge is 0.486 e. The molecule has 0 radical (unpaired) electrons. The molecule has 0 aromatic heterocycles. The van der Waals surface area contributed by atoms with Gasteiger partial charge in [0, 0.05) is 0 Å². The van der Waals surface area contributed by atoms with E-state index in [1.807, 2.05) is 0 Å². The van der Waals surface area contributed by atoms with Crippen molar-refractivity contribution in [2.24, 2.45) is 0 Å². The Bertz CT molecular complexity index is 1090. The lowest BCUT2D eigenvalue weighted by molar-refractivity contribution is -0.122. The lowest BCUT2D eigenvalue weighted by Crippen LogP contribution is -2.54. The third-order valence-electron chi connectivity index (χ3n) is 3.95. The quantitative estimate of drug-likeness (QED) is 0.247. The number of hydrogen-bond donors (Lipinski definition) is 1. The Balaban J connectivity index is 2.03. The van der Waals surface area contributed by atoms with Crippen molar-refractivity contribution in [3.8, 4) is 5.75 Å². The van der Waals surface area contributed by atoms with E-state index < -0.39 is 11.8 Å². The summed E-state index contributed by atoms with van der Waals surface area (Å²) in [6.07, 6.45) is 2.89. The first-order chi connectivity index (χ1) is 14.2. The maximum Gasteiger partial charge on any atom is 0.270 e. The van der Waals surface area contributed by atoms with Gasteiger partial charge in [-0.15, -0.1) is 0 Å². The van der Waals surface area contributed by atoms with Gasteiger partial charge in [-0.3, -0.25) is 19.8 Å². The molecular weight excluding hydrogens is 490 g/mol. The second kappa shape index (κ2) is 9.37. The fourth-order valence-corrected chi connectivity index (χ4v) is 3.92. The molecule has 3 rings (SSSR count). The van der Waals surface area contributed by atoms with Crippen molar-refractivity contribution in [2.75, 3.05) is 11.5 Å². The van der Waals surface area contributed by atoms with Crippen LogP contribution in [0, 0.1) is 0 Å². The molecular formula is C20H12Cl4N2O3S. The molecule has 1 N–H and O–H groups in total. The van der Waals surface area contributed by atoms with Crippen LogP contribution >= 0.6 is 58.6 Å². The van der Waals surface area contributed by atoms with Crippen molar-refractivity contribution in [3.63, 3.8) is 0 Å². The highest BCUT2D eigenvalue weighted by molar-refractivity contribution is 7.80. The van der Waals surface area contributed by atoms with E-state index in [0.29, 0.717) is 5.56 Å². The summed E-state index contributed by atoms with van der Waals surface area (Å²) in [6, 6.07) is 7.78. The molecule has 0 aliphatic carbocycles. The molecule has 154 valence electrons. The summed E-state index contributed by atoms with van der Waals surface area (Å²) in [5.41, 5.74) is 0.472. The number of amides is 2. The third kappa shape index (κ3) is 4.48. The number of hydrogen-bond acceptors (Lipinski definition) is 4. The van der Waals surface area contributed by atoms with Gasteiger partial charge in [-0.05, 0) is 48.1 Å². The average Bonchev–Trinajstić information content (AvgIpc) is 2.67. The molecule has 1 saturated heterocycles. The Labute approximate surface area is 197 Å². The molecule has 1 fully saturated rings. The molecule has 10 heteroatoms. The molecule has 5 nitrogen and oxygen atoms in total. The number of rotatable bonds is 5. The highest BCUT2D eigenvalue weighted by Gasteiger charge is 2.35. The van der Waals surface area contributed by atoms with Crippen molar-refractivity contribution >= 4 is 87.3 Å². The van der Waals surface area contributed by atoms with Gasteiger partial charge in [0.15, 0.2) is 10.9 Å². The molecule has 1 aliphatic heterocycles. The van der Waals surface area contributed by atoms with Crippen LogP contribution in [0.5, 0.6) is 5.75 Å². The van der Waals surface area contributed by atoms with Crippen LogP contribution < -0.4 is 15.0 Å². The SMILES string of the molecule is C=CCOc1c(Cl)cc(/C=C2\C(=O)NC(=S)N(c3cccc(Cl)c3Cl)C2=O)cc1Cl. The van der Waals surface area contributed by atoms with Crippen LogP contribution in [0.4, 0.5) is 5.69 Å². The number of nitrogens with one attached hydrogen (secondary N) is 1. The first-order valence-corrected chi connectivity index (χ1v) is 10.2. The summed E-state index contributed by atoms with van der Waals surface area (Å²) in [7, 11) is 0. The summed E-state index contributed by atoms with van der Waals surface area (Å²) in [4.78, 5) is 26.6. The fourth-order valence-electron chi connectivity index (χ4n) is 2.65. The highest BCUT2D eigenvalue weighted by atomic mass is 35.5. The zero-order chi connectivity index (χ0) is 22.0. The summed E-state index contributed by atoms with van der Waals surface area (Å²) in [5, 5.41) is 3.14. The van der Waals surface area contributed by atoms with Gasteiger partial charge in [0.1, 0.15) is 12.2 Å². The van der Waals surface area contributed by atoms with E-state index >= 15 is 0 Å². The van der Waals surface area contributed by atoms with Crippen molar-refractivity contribution < 1.29 is 14.3 Å². The monoisotopic (exact) mass is 500 g/mol. The zero-order valence-corrected chi connectivity index (χ0v) is 18.9. The Morgan fingerprint density at radius 3 is 2.40 bits per heavy atom. The number of nitrogens with zero attached hydrogens (tertiary/aromatic N) is 1. The lowest BCUT2D eigenvalue weighted by atomic mass is 10.1. The second-order valence-corrected chi connectivity index (χ2v) is 7.93. The fraction of sp³-hybridized carbons (Fsp3) is 0.0500. The van der Waals surface area contributed by atoms with Gasteiger partial charge in [0.05, 0.1) is 25.8 Å². The second-order valence-electron chi connectivity index (χ2n) is 5.94. The van der Waals surface area contributed by atoms with Gasteiger partial charge >= 0.3 is 0 Å². The lowest BCUT2D eigenvalue weighted by Gasteiger charge is -2.29. The van der Waals surface area contributed by atoms with Crippen LogP contribution in [-0.4, -0.2) is 23.5 Å². The standard InChI is InChI=1S/C20H12Cl4N2O3S/c1-2-6-29-17-13(22)8-10(9-14(17)23)7-11-18(27)25-20(30)26(19(11)28)15-5-3-4-12(21)16(15)24/h2-5,7-9H,1,6H2,(H,25,27,30)/b11-7+. The van der Waals surface area contributed by atoms with Crippen LogP contribution in [0.2, 0.25) is 20.1 Å². The number of carbonyl (C=O) groups excluding carboxylic acids is 2. The molecule has 0 bridgehead atoms. The van der Waals surface area contributed by atoms with E-state index in [1.165, 1.54) is 18.2 Å². The first-order valence-electron chi connectivity index (χ1n) is 8.32. The minimum absolute atomic E-state index is 0.115. The number of ether oxygens (including phenoxy) is 1. The van der Waals surface area contributed by atoms with Crippen molar-refractivity contribution in [1.29, 1.82) is 0 Å². The zero-order valence-electron chi connectivity index (χ0n) is 15.0. The van der Waals surface area contributed by atoms with Crippen LogP contribution in [0.25, 0.3) is 6.08 Å². The Morgan fingerprint density at radius 1 is 1.10 bits per heavy atom. The Hall–Kier alpha value is -2.09. The molecule has 0 atom stereocenters. The van der Waals surface area contributed by atoms with Crippen LogP contribution in [0.3, 0.4) is 0 Å². The van der Waals surface area contributed by atoms with Crippen molar-refractivity contribution in [1.82, 2.24) is 5.32 Å². The predicted octanol–water partition coefficient (Wildman–Crippen LogP) is 5.70. The van der Waals surface area contributed by atoms with Gasteiger partial charge in [-0.1, -0.05) is 65.1 Å². The third-order valence-corrected chi connectivity index (χ3v) is 5.61. The molecule has 0 spiro atoms. The minimum atomic E-state index is -0.674. The number of halogens is 4. The average molecular weight is 502 g/mol. The van der Waals surface area contributed by atoms with E-state index in [0.717, 1.165) is 4.90 Å². The van der Waals surface area contributed by atoms with Crippen LogP contribution in [0.15, 0.2) is 48.6 Å². The van der Waals surface area contributed by atoms with E-state index in [2.05, 4.69) is 11.9 Å². The molecule has 2 aromatic carbocycles. The molecule has 0 unspecified atom stereocenters. The predicted molar refractivity (Wildman–Crippen MR) is 125 cm³/mol. The van der Waals surface area contributed by atoms with Crippen LogP contribution in [0.1, 0.15) is 5.56 Å². The Kier molecular flexibility index (Phi) is 7.06. The number of thiocarbonyl (C=S) groups is 1. The highest BCUT2D eigenvalue weighted by Crippen LogP contribution is 2.36. The molecule has 2 amide bonds. The van der Waals surface area contributed by atoms with Crippen LogP contribution in [-0.2, 0) is 9.59 Å². The number of carbonyl (C=O) groups is 2. The van der Waals surface area contributed by atoms with E-state index in [4.69, 9.17) is 63.4 Å². The molecule has 1 aliphatic rings. The maximum atomic E-state index is 13.1. The first kappa shape index (κ1) is 22.6. The molecule has 0 saturated carbocycles. The van der Waals surface area contributed by atoms with Gasteiger partial charge < -0.3 is 4.74 Å². The molecule has 30 heavy (non-hydrogen) atoms. The van der Waals surface area contributed by atoms with E-state index in [9.17, 15) is 9.59 Å². The summed E-state index contributed by atoms with van der Waals surface area (Å²) in [6.45, 7) is 3.78. The minimum Gasteiger partial charge on any atom is -0.486 e. The normalized spacial score (nSPS) is 15.4. The molecule has 2 aromatic rings. The van der Waals surface area contributed by atoms with Gasteiger partial charge in [0.2, 0.25) is 0 Å². The summed E-state index contributed by atoms with van der Waals surface area (Å²) >= 11 is 29.9. The Morgan fingerprint density at radius 2 is 1.77 bits per heavy atom. The van der Waals surface area contributed by atoms with E-state index in [1.54, 1.807) is 24.3 Å². The van der Waals surface area contributed by atoms with Gasteiger partial charge in [-0.2, -0.15) is 0 Å². The molecule has 1 heterocycles. The van der Waals surface area contributed by atoms with Gasteiger partial charge in [-0.25, -0.2) is 0 Å². The van der Waals surface area contributed by atoms with E-state index in [-0.39, 0.29) is 48.8 Å². The summed E-state index contributed by atoms with van der Waals surface area (Å²) < 4.78 is 5.42. The maximum absolute atomic E-state index is 13.1.